The van der Waals surface area contributed by atoms with Crippen LogP contribution in [0.1, 0.15) is 47.8 Å². The summed E-state index contributed by atoms with van der Waals surface area (Å²) in [6.07, 6.45) is 0.614. The van der Waals surface area contributed by atoms with Crippen LogP contribution >= 0.6 is 0 Å². The smallest absolute Gasteiger partial charge is 0.251 e. The quantitative estimate of drug-likeness (QED) is 0.843. The standard InChI is InChI=1S/C20H24N2O4S/c1-13-8-9-16-17(12-20(2,3)26-18(16)10-13)22-19(23)14-6-5-7-15(11-14)27(24,25)21-4/h5-11,17,21H,12H2,1-4H3,(H,22,23). The minimum atomic E-state index is -3.61. The molecule has 0 aromatic heterocycles. The number of hydrogen-bond acceptors (Lipinski definition) is 4. The van der Waals surface area contributed by atoms with Crippen LogP contribution in [-0.2, 0) is 10.0 Å². The predicted octanol–water partition coefficient (Wildman–Crippen LogP) is 2.94. The highest BCUT2D eigenvalue weighted by Crippen LogP contribution is 2.40. The minimum Gasteiger partial charge on any atom is -0.487 e. The second-order valence-corrected chi connectivity index (χ2v) is 9.26. The van der Waals surface area contributed by atoms with E-state index in [1.165, 1.54) is 19.2 Å². The van der Waals surface area contributed by atoms with E-state index in [2.05, 4.69) is 10.0 Å². The highest BCUT2D eigenvalue weighted by molar-refractivity contribution is 7.89. The predicted molar refractivity (Wildman–Crippen MR) is 103 cm³/mol. The van der Waals surface area contributed by atoms with Gasteiger partial charge in [-0.05, 0) is 57.6 Å². The normalized spacial score (nSPS) is 18.3. The van der Waals surface area contributed by atoms with Gasteiger partial charge in [0.15, 0.2) is 0 Å². The van der Waals surface area contributed by atoms with Gasteiger partial charge in [0.2, 0.25) is 10.0 Å². The Labute approximate surface area is 160 Å². The van der Waals surface area contributed by atoms with Crippen LogP contribution in [0.4, 0.5) is 0 Å². The average molecular weight is 388 g/mol. The van der Waals surface area contributed by atoms with Gasteiger partial charge in [-0.3, -0.25) is 4.79 Å². The molecule has 1 heterocycles. The molecular formula is C20H24N2O4S. The Balaban J connectivity index is 1.90. The molecule has 1 atom stereocenters. The summed E-state index contributed by atoms with van der Waals surface area (Å²) in [7, 11) is -2.27. The molecule has 0 saturated carbocycles. The van der Waals surface area contributed by atoms with Gasteiger partial charge in [0, 0.05) is 17.5 Å². The van der Waals surface area contributed by atoms with Gasteiger partial charge in [-0.25, -0.2) is 13.1 Å². The van der Waals surface area contributed by atoms with Gasteiger partial charge in [0.05, 0.1) is 10.9 Å². The van der Waals surface area contributed by atoms with Crippen molar-refractivity contribution in [1.82, 2.24) is 10.0 Å². The zero-order valence-electron chi connectivity index (χ0n) is 15.9. The number of amides is 1. The Hall–Kier alpha value is -2.38. The SMILES string of the molecule is CNS(=O)(=O)c1cccc(C(=O)NC2CC(C)(C)Oc3cc(C)ccc32)c1. The van der Waals surface area contributed by atoms with E-state index in [1.807, 2.05) is 39.0 Å². The monoisotopic (exact) mass is 388 g/mol. The molecule has 1 aliphatic rings. The number of hydrogen-bond donors (Lipinski definition) is 2. The van der Waals surface area contributed by atoms with E-state index in [4.69, 9.17) is 4.74 Å². The second-order valence-electron chi connectivity index (χ2n) is 7.37. The van der Waals surface area contributed by atoms with E-state index in [0.29, 0.717) is 12.0 Å². The highest BCUT2D eigenvalue weighted by Gasteiger charge is 2.34. The van der Waals surface area contributed by atoms with Gasteiger partial charge >= 0.3 is 0 Å². The van der Waals surface area contributed by atoms with Crippen molar-refractivity contribution >= 4 is 15.9 Å². The second kappa shape index (κ2) is 6.98. The molecule has 1 amide bonds. The molecule has 0 saturated heterocycles. The Bertz CT molecular complexity index is 983. The Morgan fingerprint density at radius 3 is 2.63 bits per heavy atom. The third kappa shape index (κ3) is 4.14. The summed E-state index contributed by atoms with van der Waals surface area (Å²) >= 11 is 0. The molecule has 2 aromatic carbocycles. The van der Waals surface area contributed by atoms with E-state index in [9.17, 15) is 13.2 Å². The highest BCUT2D eigenvalue weighted by atomic mass is 32.2. The summed E-state index contributed by atoms with van der Waals surface area (Å²) in [4.78, 5) is 12.9. The van der Waals surface area contributed by atoms with Gasteiger partial charge in [-0.15, -0.1) is 0 Å². The molecule has 0 radical (unpaired) electrons. The number of rotatable bonds is 4. The lowest BCUT2D eigenvalue weighted by molar-refractivity contribution is 0.0619. The van der Waals surface area contributed by atoms with Crippen molar-refractivity contribution in [2.24, 2.45) is 0 Å². The van der Waals surface area contributed by atoms with E-state index < -0.39 is 15.6 Å². The maximum atomic E-state index is 12.8. The molecule has 0 spiro atoms. The van der Waals surface area contributed by atoms with Crippen molar-refractivity contribution in [2.45, 2.75) is 43.7 Å². The third-order valence-corrected chi connectivity index (χ3v) is 6.02. The molecule has 3 rings (SSSR count). The topological polar surface area (TPSA) is 84.5 Å². The number of aryl methyl sites for hydroxylation is 1. The number of carbonyl (C=O) groups excluding carboxylic acids is 1. The maximum Gasteiger partial charge on any atom is 0.251 e. The summed E-state index contributed by atoms with van der Waals surface area (Å²) in [5, 5.41) is 3.03. The molecule has 0 aliphatic carbocycles. The van der Waals surface area contributed by atoms with Gasteiger partial charge < -0.3 is 10.1 Å². The molecule has 0 fully saturated rings. The van der Waals surface area contributed by atoms with Gasteiger partial charge in [-0.1, -0.05) is 18.2 Å². The molecule has 1 aliphatic heterocycles. The molecular weight excluding hydrogens is 364 g/mol. The van der Waals surface area contributed by atoms with Crippen LogP contribution in [0, 0.1) is 6.92 Å². The van der Waals surface area contributed by atoms with Crippen LogP contribution in [0.15, 0.2) is 47.4 Å². The van der Waals surface area contributed by atoms with Crippen LogP contribution in [0.5, 0.6) is 5.75 Å². The summed E-state index contributed by atoms with van der Waals surface area (Å²) in [5.41, 5.74) is 1.88. The molecule has 6 nitrogen and oxygen atoms in total. The minimum absolute atomic E-state index is 0.0565. The fraction of sp³-hybridized carbons (Fsp3) is 0.350. The maximum absolute atomic E-state index is 12.8. The van der Waals surface area contributed by atoms with Crippen LogP contribution in [-0.4, -0.2) is 27.0 Å². The number of sulfonamides is 1. The fourth-order valence-corrected chi connectivity index (χ4v) is 4.03. The third-order valence-electron chi connectivity index (χ3n) is 4.61. The lowest BCUT2D eigenvalue weighted by Gasteiger charge is -2.38. The molecule has 2 aromatic rings. The Morgan fingerprint density at radius 2 is 1.93 bits per heavy atom. The molecule has 7 heteroatoms. The zero-order valence-corrected chi connectivity index (χ0v) is 16.7. The molecule has 0 bridgehead atoms. The number of nitrogens with one attached hydrogen (secondary N) is 2. The number of fused-ring (bicyclic) bond motifs is 1. The zero-order chi connectivity index (χ0) is 19.8. The summed E-state index contributed by atoms with van der Waals surface area (Å²) in [6, 6.07) is 11.7. The molecule has 27 heavy (non-hydrogen) atoms. The lowest BCUT2D eigenvalue weighted by atomic mass is 9.89. The van der Waals surface area contributed by atoms with Gasteiger partial charge in [0.25, 0.3) is 5.91 Å². The van der Waals surface area contributed by atoms with Gasteiger partial charge in [0.1, 0.15) is 11.4 Å². The summed E-state index contributed by atoms with van der Waals surface area (Å²) < 4.78 is 32.3. The van der Waals surface area contributed by atoms with Crippen molar-refractivity contribution in [3.63, 3.8) is 0 Å². The van der Waals surface area contributed by atoms with Gasteiger partial charge in [-0.2, -0.15) is 0 Å². The van der Waals surface area contributed by atoms with Crippen molar-refractivity contribution < 1.29 is 17.9 Å². The van der Waals surface area contributed by atoms with E-state index >= 15 is 0 Å². The van der Waals surface area contributed by atoms with E-state index in [0.717, 1.165) is 16.9 Å². The number of benzene rings is 2. The Kier molecular flexibility index (Phi) is 5.01. The first-order valence-corrected chi connectivity index (χ1v) is 10.2. The Morgan fingerprint density at radius 1 is 1.19 bits per heavy atom. The number of ether oxygens (including phenoxy) is 1. The molecule has 2 N–H and O–H groups in total. The largest absolute Gasteiger partial charge is 0.487 e. The molecule has 1 unspecified atom stereocenters. The average Bonchev–Trinajstić information content (AvgIpc) is 2.60. The first kappa shape index (κ1) is 19.4. The van der Waals surface area contributed by atoms with Crippen LogP contribution < -0.4 is 14.8 Å². The summed E-state index contributed by atoms with van der Waals surface area (Å²) in [6.45, 7) is 5.96. The van der Waals surface area contributed by atoms with Crippen molar-refractivity contribution in [3.8, 4) is 5.75 Å². The number of carbonyl (C=O) groups is 1. The molecule has 144 valence electrons. The lowest BCUT2D eigenvalue weighted by Crippen LogP contribution is -2.41. The van der Waals surface area contributed by atoms with Crippen LogP contribution in [0.3, 0.4) is 0 Å². The van der Waals surface area contributed by atoms with Crippen molar-refractivity contribution in [2.75, 3.05) is 7.05 Å². The summed E-state index contributed by atoms with van der Waals surface area (Å²) in [5.74, 6) is 0.445. The van der Waals surface area contributed by atoms with E-state index in [1.54, 1.807) is 12.1 Å². The first-order valence-electron chi connectivity index (χ1n) is 8.75. The van der Waals surface area contributed by atoms with Crippen LogP contribution in [0.25, 0.3) is 0 Å². The van der Waals surface area contributed by atoms with E-state index in [-0.39, 0.29) is 16.8 Å². The van der Waals surface area contributed by atoms with Crippen LogP contribution in [0.2, 0.25) is 0 Å². The fourth-order valence-electron chi connectivity index (χ4n) is 3.25. The van der Waals surface area contributed by atoms with Crippen molar-refractivity contribution in [1.29, 1.82) is 0 Å². The first-order chi connectivity index (χ1) is 12.6. The van der Waals surface area contributed by atoms with Crippen molar-refractivity contribution in [3.05, 3.63) is 59.2 Å².